The second-order valence-electron chi connectivity index (χ2n) is 9.13. The number of nitrogens with two attached hydrogens (primary N) is 1. The number of hydrogen-bond acceptors (Lipinski definition) is 5. The lowest BCUT2D eigenvalue weighted by molar-refractivity contribution is 0.154. The van der Waals surface area contributed by atoms with Crippen LogP contribution in [0.15, 0.2) is 67.1 Å². The summed E-state index contributed by atoms with van der Waals surface area (Å²) in [5.41, 5.74) is 12.1. The van der Waals surface area contributed by atoms with Crippen molar-refractivity contribution >= 4 is 28.3 Å². The molecule has 6 rings (SSSR count). The molecule has 0 aliphatic carbocycles. The lowest BCUT2D eigenvalue weighted by atomic mass is 10.0. The van der Waals surface area contributed by atoms with Gasteiger partial charge in [0.15, 0.2) is 5.82 Å². The summed E-state index contributed by atoms with van der Waals surface area (Å²) in [4.78, 5) is 17.0. The van der Waals surface area contributed by atoms with Crippen molar-refractivity contribution in [2.45, 2.75) is 19.4 Å². The third-order valence-electron chi connectivity index (χ3n) is 6.76. The van der Waals surface area contributed by atoms with E-state index in [1.165, 1.54) is 16.8 Å². The van der Waals surface area contributed by atoms with E-state index in [9.17, 15) is 9.90 Å². The Hall–Kier alpha value is -4.40. The Labute approximate surface area is 201 Å². The molecule has 9 heteroatoms. The van der Waals surface area contributed by atoms with Gasteiger partial charge < -0.3 is 15.7 Å². The molecule has 5 aromatic rings. The van der Waals surface area contributed by atoms with E-state index in [1.807, 2.05) is 27.4 Å². The zero-order valence-electron chi connectivity index (χ0n) is 19.1. The van der Waals surface area contributed by atoms with Crippen LogP contribution in [0.25, 0.3) is 27.5 Å². The Bertz CT molecular complexity index is 1540. The van der Waals surface area contributed by atoms with Crippen LogP contribution in [0.1, 0.15) is 17.7 Å². The third kappa shape index (κ3) is 3.95. The van der Waals surface area contributed by atoms with Gasteiger partial charge in [0, 0.05) is 35.9 Å². The summed E-state index contributed by atoms with van der Waals surface area (Å²) in [5.74, 6) is 0.652. The lowest BCUT2D eigenvalue weighted by Gasteiger charge is -2.12. The lowest BCUT2D eigenvalue weighted by Crippen LogP contribution is -2.27. The van der Waals surface area contributed by atoms with Gasteiger partial charge in [-0.1, -0.05) is 42.5 Å². The molecule has 1 amide bonds. The number of benzene rings is 2. The highest BCUT2D eigenvalue weighted by atomic mass is 16.4. The predicted molar refractivity (Wildman–Crippen MR) is 133 cm³/mol. The zero-order chi connectivity index (χ0) is 23.9. The fraction of sp³-hybridized carbons (Fsp3) is 0.231. The number of amides is 1. The second kappa shape index (κ2) is 8.43. The number of hydrogen-bond donors (Lipinski definition) is 2. The Morgan fingerprint density at radius 3 is 2.80 bits per heavy atom. The standard InChI is InChI=1S/C26H25N7O2/c27-25-24-22(12-21(33(24)29-16-28-25)10-18-8-9-31(13-18)26(34)35)19-6-7-20-15-32(30-23(20)11-19)14-17-4-2-1-3-5-17/h1-7,11-12,15-16,18H,8-10,13-14H2,(H,34,35)(H2,27,28,29). The molecule has 35 heavy (non-hydrogen) atoms. The monoisotopic (exact) mass is 467 g/mol. The molecule has 0 bridgehead atoms. The van der Waals surface area contributed by atoms with Gasteiger partial charge in [-0.25, -0.2) is 14.3 Å². The normalized spacial score (nSPS) is 15.9. The Balaban J connectivity index is 1.35. The Morgan fingerprint density at radius 2 is 2.00 bits per heavy atom. The van der Waals surface area contributed by atoms with Crippen LogP contribution < -0.4 is 5.73 Å². The number of nitrogen functional groups attached to an aromatic ring is 1. The van der Waals surface area contributed by atoms with Gasteiger partial charge in [-0.05, 0) is 42.0 Å². The summed E-state index contributed by atoms with van der Waals surface area (Å²) in [6.45, 7) is 1.80. The van der Waals surface area contributed by atoms with E-state index in [4.69, 9.17) is 10.8 Å². The first-order chi connectivity index (χ1) is 17.0. The van der Waals surface area contributed by atoms with Gasteiger partial charge in [0.25, 0.3) is 0 Å². The van der Waals surface area contributed by atoms with Crippen LogP contribution >= 0.6 is 0 Å². The molecule has 2 aromatic carbocycles. The van der Waals surface area contributed by atoms with Crippen LogP contribution in [0.3, 0.4) is 0 Å². The third-order valence-corrected chi connectivity index (χ3v) is 6.76. The molecule has 1 atom stereocenters. The molecule has 1 fully saturated rings. The summed E-state index contributed by atoms with van der Waals surface area (Å²) in [7, 11) is 0. The van der Waals surface area contributed by atoms with Gasteiger partial charge in [0.05, 0.1) is 12.1 Å². The summed E-state index contributed by atoms with van der Waals surface area (Å²) in [5, 5.41) is 19.6. The van der Waals surface area contributed by atoms with Crippen molar-refractivity contribution in [3.8, 4) is 11.1 Å². The van der Waals surface area contributed by atoms with Crippen LogP contribution in [-0.4, -0.2) is 53.6 Å². The fourth-order valence-electron chi connectivity index (χ4n) is 5.05. The molecule has 1 saturated heterocycles. The van der Waals surface area contributed by atoms with Gasteiger partial charge in [-0.3, -0.25) is 4.68 Å². The van der Waals surface area contributed by atoms with E-state index in [0.29, 0.717) is 25.5 Å². The van der Waals surface area contributed by atoms with Crippen LogP contribution in [0.4, 0.5) is 10.6 Å². The van der Waals surface area contributed by atoms with E-state index in [2.05, 4.69) is 52.7 Å². The average molecular weight is 468 g/mol. The highest BCUT2D eigenvalue weighted by molar-refractivity contribution is 5.92. The molecular formula is C26H25N7O2. The minimum Gasteiger partial charge on any atom is -0.465 e. The number of fused-ring (bicyclic) bond motifs is 2. The number of anilines is 1. The minimum atomic E-state index is -0.861. The molecule has 9 nitrogen and oxygen atoms in total. The number of likely N-dealkylation sites (tertiary alicyclic amines) is 1. The van der Waals surface area contributed by atoms with Crippen molar-refractivity contribution in [3.63, 3.8) is 0 Å². The molecule has 1 aliphatic heterocycles. The highest BCUT2D eigenvalue weighted by Crippen LogP contribution is 2.33. The Morgan fingerprint density at radius 1 is 1.14 bits per heavy atom. The SMILES string of the molecule is Nc1ncnn2c(CC3CCN(C(=O)O)C3)cc(-c3ccc4cn(Cc5ccccc5)nc4c3)c12. The number of rotatable bonds is 5. The van der Waals surface area contributed by atoms with Crippen LogP contribution in [0, 0.1) is 5.92 Å². The maximum atomic E-state index is 11.3. The van der Waals surface area contributed by atoms with Crippen LogP contribution in [-0.2, 0) is 13.0 Å². The summed E-state index contributed by atoms with van der Waals surface area (Å²) in [6, 6.07) is 18.6. The smallest absolute Gasteiger partial charge is 0.407 e. The first kappa shape index (κ1) is 21.2. The van der Waals surface area contributed by atoms with Gasteiger partial charge in [0.2, 0.25) is 0 Å². The van der Waals surface area contributed by atoms with E-state index >= 15 is 0 Å². The molecule has 176 valence electrons. The van der Waals surface area contributed by atoms with Gasteiger partial charge in [-0.2, -0.15) is 10.2 Å². The number of nitrogens with zero attached hydrogens (tertiary/aromatic N) is 6. The first-order valence-corrected chi connectivity index (χ1v) is 11.7. The van der Waals surface area contributed by atoms with E-state index in [-0.39, 0.29) is 5.92 Å². The van der Waals surface area contributed by atoms with E-state index < -0.39 is 6.09 Å². The molecule has 0 spiro atoms. The van der Waals surface area contributed by atoms with Crippen molar-refractivity contribution < 1.29 is 9.90 Å². The molecule has 4 heterocycles. The number of carboxylic acid groups (broad SMARTS) is 1. The maximum absolute atomic E-state index is 11.3. The average Bonchev–Trinajstić information content (AvgIpc) is 3.57. The van der Waals surface area contributed by atoms with Gasteiger partial charge >= 0.3 is 6.09 Å². The number of carbonyl (C=O) groups is 1. The molecule has 0 radical (unpaired) electrons. The highest BCUT2D eigenvalue weighted by Gasteiger charge is 2.27. The summed E-state index contributed by atoms with van der Waals surface area (Å²) >= 11 is 0. The van der Waals surface area contributed by atoms with Crippen molar-refractivity contribution in [1.82, 2.24) is 29.3 Å². The van der Waals surface area contributed by atoms with E-state index in [0.717, 1.165) is 46.1 Å². The second-order valence-corrected chi connectivity index (χ2v) is 9.13. The first-order valence-electron chi connectivity index (χ1n) is 11.7. The maximum Gasteiger partial charge on any atom is 0.407 e. The summed E-state index contributed by atoms with van der Waals surface area (Å²) in [6.07, 6.45) is 4.21. The van der Waals surface area contributed by atoms with Gasteiger partial charge in [0.1, 0.15) is 11.8 Å². The quantitative estimate of drug-likeness (QED) is 0.405. The van der Waals surface area contributed by atoms with Crippen molar-refractivity contribution in [2.75, 3.05) is 18.8 Å². The molecular weight excluding hydrogens is 442 g/mol. The van der Waals surface area contributed by atoms with Crippen LogP contribution in [0.2, 0.25) is 0 Å². The molecule has 1 aliphatic rings. The number of aromatic nitrogens is 5. The predicted octanol–water partition coefficient (Wildman–Crippen LogP) is 3.92. The molecule has 0 saturated carbocycles. The summed E-state index contributed by atoms with van der Waals surface area (Å²) < 4.78 is 3.80. The van der Waals surface area contributed by atoms with Crippen molar-refractivity contribution in [1.29, 1.82) is 0 Å². The fourth-order valence-corrected chi connectivity index (χ4v) is 5.05. The van der Waals surface area contributed by atoms with Crippen molar-refractivity contribution in [2.24, 2.45) is 5.92 Å². The Kier molecular flexibility index (Phi) is 5.09. The topological polar surface area (TPSA) is 115 Å². The van der Waals surface area contributed by atoms with E-state index in [1.54, 1.807) is 0 Å². The molecule has 3 N–H and O–H groups in total. The molecule has 3 aromatic heterocycles. The van der Waals surface area contributed by atoms with Gasteiger partial charge in [-0.15, -0.1) is 0 Å². The minimum absolute atomic E-state index is 0.240. The molecule has 1 unspecified atom stereocenters. The largest absolute Gasteiger partial charge is 0.465 e. The zero-order valence-corrected chi connectivity index (χ0v) is 19.1. The van der Waals surface area contributed by atoms with Crippen molar-refractivity contribution in [3.05, 3.63) is 78.4 Å². The van der Waals surface area contributed by atoms with Crippen LogP contribution in [0.5, 0.6) is 0 Å².